The molecule has 2 aromatic rings. The molecule has 1 aromatic carbocycles. The number of rotatable bonds is 5. The maximum absolute atomic E-state index is 12.1. The molecule has 0 aliphatic carbocycles. The minimum Gasteiger partial charge on any atom is -0.472 e. The first kappa shape index (κ1) is 16.7. The molecule has 24 heavy (non-hydrogen) atoms. The Labute approximate surface area is 142 Å². The van der Waals surface area contributed by atoms with Crippen molar-refractivity contribution in [3.05, 3.63) is 59.5 Å². The normalized spacial score (nSPS) is 21.6. The number of nitrogens with zero attached hydrogens (tertiary/aromatic N) is 1. The second-order valence-corrected chi connectivity index (χ2v) is 6.41. The molecule has 1 N–H and O–H groups in total. The van der Waals surface area contributed by atoms with Gasteiger partial charge in [0, 0.05) is 26.2 Å². The van der Waals surface area contributed by atoms with Crippen LogP contribution in [0.25, 0.3) is 0 Å². The minimum absolute atomic E-state index is 0.118. The van der Waals surface area contributed by atoms with Crippen molar-refractivity contribution in [2.75, 3.05) is 13.1 Å². The number of benzene rings is 1. The van der Waals surface area contributed by atoms with E-state index in [2.05, 4.69) is 36.2 Å². The van der Waals surface area contributed by atoms with Gasteiger partial charge >= 0.3 is 0 Å². The number of hydrogen-bond acceptors (Lipinski definition) is 4. The molecule has 1 fully saturated rings. The lowest BCUT2D eigenvalue weighted by Crippen LogP contribution is -2.45. The van der Waals surface area contributed by atoms with Crippen LogP contribution >= 0.6 is 0 Å². The van der Waals surface area contributed by atoms with Gasteiger partial charge in [0.05, 0.1) is 24.0 Å². The van der Waals surface area contributed by atoms with Crippen molar-refractivity contribution < 1.29 is 13.9 Å². The molecule has 5 nitrogen and oxygen atoms in total. The standard InChI is InChI=1S/C19H24N2O3/c1-14-10-21(11-15(2)24-14)12-17-6-4-3-5-16(17)9-20-19(22)18-7-8-23-13-18/h3-8,13-15H,9-12H2,1-2H3,(H,20,22)/t14-,15+. The van der Waals surface area contributed by atoms with Gasteiger partial charge in [0.15, 0.2) is 0 Å². The Kier molecular flexibility index (Phi) is 5.33. The number of amides is 1. The van der Waals surface area contributed by atoms with E-state index < -0.39 is 0 Å². The lowest BCUT2D eigenvalue weighted by molar-refractivity contribution is -0.0705. The van der Waals surface area contributed by atoms with E-state index in [-0.39, 0.29) is 18.1 Å². The highest BCUT2D eigenvalue weighted by molar-refractivity contribution is 5.93. The van der Waals surface area contributed by atoms with Crippen LogP contribution < -0.4 is 5.32 Å². The minimum atomic E-state index is -0.118. The van der Waals surface area contributed by atoms with E-state index >= 15 is 0 Å². The lowest BCUT2D eigenvalue weighted by atomic mass is 10.1. The zero-order chi connectivity index (χ0) is 16.9. The lowest BCUT2D eigenvalue weighted by Gasteiger charge is -2.35. The molecule has 3 rings (SSSR count). The highest BCUT2D eigenvalue weighted by atomic mass is 16.5. The van der Waals surface area contributed by atoms with Gasteiger partial charge in [-0.25, -0.2) is 0 Å². The van der Waals surface area contributed by atoms with Crippen molar-refractivity contribution in [1.82, 2.24) is 10.2 Å². The van der Waals surface area contributed by atoms with Crippen LogP contribution in [0.15, 0.2) is 47.3 Å². The zero-order valence-electron chi connectivity index (χ0n) is 14.2. The molecular formula is C19H24N2O3. The first-order chi connectivity index (χ1) is 11.6. The summed E-state index contributed by atoms with van der Waals surface area (Å²) in [5, 5.41) is 2.95. The molecule has 0 unspecified atom stereocenters. The van der Waals surface area contributed by atoms with Crippen molar-refractivity contribution >= 4 is 5.91 Å². The van der Waals surface area contributed by atoms with Crippen LogP contribution in [0.2, 0.25) is 0 Å². The third kappa shape index (κ3) is 4.24. The Balaban J connectivity index is 1.63. The van der Waals surface area contributed by atoms with Gasteiger partial charge in [-0.2, -0.15) is 0 Å². The summed E-state index contributed by atoms with van der Waals surface area (Å²) in [6, 6.07) is 9.91. The number of carbonyl (C=O) groups is 1. The van der Waals surface area contributed by atoms with Crippen molar-refractivity contribution in [2.45, 2.75) is 39.1 Å². The molecule has 0 spiro atoms. The first-order valence-corrected chi connectivity index (χ1v) is 8.37. The number of hydrogen-bond donors (Lipinski definition) is 1. The summed E-state index contributed by atoms with van der Waals surface area (Å²) in [7, 11) is 0. The SMILES string of the molecule is C[C@@H]1CN(Cc2ccccc2CNC(=O)c2ccoc2)C[C@H](C)O1. The number of carbonyl (C=O) groups excluding carboxylic acids is 1. The Morgan fingerprint density at radius 3 is 2.54 bits per heavy atom. The largest absolute Gasteiger partial charge is 0.472 e. The van der Waals surface area contributed by atoms with Crippen LogP contribution in [0.3, 0.4) is 0 Å². The Morgan fingerprint density at radius 1 is 1.17 bits per heavy atom. The summed E-state index contributed by atoms with van der Waals surface area (Å²) in [6.07, 6.45) is 3.46. The summed E-state index contributed by atoms with van der Waals surface area (Å²) < 4.78 is 10.7. The van der Waals surface area contributed by atoms with Crippen LogP contribution in [0.1, 0.15) is 35.3 Å². The maximum atomic E-state index is 12.1. The van der Waals surface area contributed by atoms with Gasteiger partial charge < -0.3 is 14.5 Å². The van der Waals surface area contributed by atoms with Gasteiger partial charge in [-0.15, -0.1) is 0 Å². The second-order valence-electron chi connectivity index (χ2n) is 6.41. The fourth-order valence-electron chi connectivity index (χ4n) is 3.21. The van der Waals surface area contributed by atoms with Crippen molar-refractivity contribution in [1.29, 1.82) is 0 Å². The number of furan rings is 1. The first-order valence-electron chi connectivity index (χ1n) is 8.37. The highest BCUT2D eigenvalue weighted by Gasteiger charge is 2.22. The molecule has 1 saturated heterocycles. The molecule has 0 saturated carbocycles. The van der Waals surface area contributed by atoms with E-state index in [1.165, 1.54) is 18.1 Å². The third-order valence-corrected chi connectivity index (χ3v) is 4.23. The highest BCUT2D eigenvalue weighted by Crippen LogP contribution is 2.17. The summed E-state index contributed by atoms with van der Waals surface area (Å²) in [5.41, 5.74) is 2.93. The Bertz CT molecular complexity index is 659. The van der Waals surface area contributed by atoms with Crippen LogP contribution in [0.4, 0.5) is 0 Å². The van der Waals surface area contributed by atoms with E-state index in [1.54, 1.807) is 6.07 Å². The van der Waals surface area contributed by atoms with E-state index in [0.717, 1.165) is 25.2 Å². The summed E-state index contributed by atoms with van der Waals surface area (Å²) in [4.78, 5) is 14.5. The molecule has 128 valence electrons. The molecule has 1 amide bonds. The predicted octanol–water partition coefficient (Wildman–Crippen LogP) is 2.82. The van der Waals surface area contributed by atoms with Crippen molar-refractivity contribution in [3.8, 4) is 0 Å². The Morgan fingerprint density at radius 2 is 1.88 bits per heavy atom. The van der Waals surface area contributed by atoms with Crippen LogP contribution in [-0.4, -0.2) is 36.1 Å². The van der Waals surface area contributed by atoms with Gasteiger partial charge in [0.25, 0.3) is 5.91 Å². The van der Waals surface area contributed by atoms with Gasteiger partial charge in [0.2, 0.25) is 0 Å². The molecule has 0 radical (unpaired) electrons. The van der Waals surface area contributed by atoms with Crippen molar-refractivity contribution in [2.24, 2.45) is 0 Å². The van der Waals surface area contributed by atoms with Crippen LogP contribution in [0.5, 0.6) is 0 Å². The van der Waals surface area contributed by atoms with Crippen molar-refractivity contribution in [3.63, 3.8) is 0 Å². The molecular weight excluding hydrogens is 304 g/mol. The quantitative estimate of drug-likeness (QED) is 0.917. The smallest absolute Gasteiger partial charge is 0.254 e. The number of morpholine rings is 1. The monoisotopic (exact) mass is 328 g/mol. The fourth-order valence-corrected chi connectivity index (χ4v) is 3.21. The fraction of sp³-hybridized carbons (Fsp3) is 0.421. The molecule has 5 heteroatoms. The topological polar surface area (TPSA) is 54.7 Å². The molecule has 1 aliphatic heterocycles. The van der Waals surface area contributed by atoms with Crippen LogP contribution in [0, 0.1) is 0 Å². The van der Waals surface area contributed by atoms with Gasteiger partial charge in [-0.3, -0.25) is 9.69 Å². The third-order valence-electron chi connectivity index (χ3n) is 4.23. The summed E-state index contributed by atoms with van der Waals surface area (Å²) in [6.45, 7) is 7.46. The number of nitrogens with one attached hydrogen (secondary N) is 1. The second kappa shape index (κ2) is 7.64. The molecule has 1 aromatic heterocycles. The van der Waals surface area contributed by atoms with Gasteiger partial charge in [0.1, 0.15) is 6.26 Å². The molecule has 1 aliphatic rings. The average molecular weight is 328 g/mol. The van der Waals surface area contributed by atoms with Gasteiger partial charge in [-0.1, -0.05) is 24.3 Å². The summed E-state index contributed by atoms with van der Waals surface area (Å²) in [5.74, 6) is -0.118. The van der Waals surface area contributed by atoms with E-state index in [0.29, 0.717) is 12.1 Å². The van der Waals surface area contributed by atoms with E-state index in [4.69, 9.17) is 9.15 Å². The molecule has 2 atom stereocenters. The summed E-state index contributed by atoms with van der Waals surface area (Å²) >= 11 is 0. The predicted molar refractivity (Wildman–Crippen MR) is 91.6 cm³/mol. The Hall–Kier alpha value is -2.11. The van der Waals surface area contributed by atoms with Gasteiger partial charge in [-0.05, 0) is 31.0 Å². The maximum Gasteiger partial charge on any atom is 0.254 e. The average Bonchev–Trinajstić information content (AvgIpc) is 3.07. The van der Waals surface area contributed by atoms with E-state index in [1.807, 2.05) is 12.1 Å². The molecule has 0 bridgehead atoms. The van der Waals surface area contributed by atoms with E-state index in [9.17, 15) is 4.79 Å². The number of ether oxygens (including phenoxy) is 1. The molecule has 2 heterocycles. The van der Waals surface area contributed by atoms with Crippen LogP contribution in [-0.2, 0) is 17.8 Å². The zero-order valence-corrected chi connectivity index (χ0v) is 14.2.